The third kappa shape index (κ3) is 5.64. The maximum absolute atomic E-state index is 12.4. The Balaban J connectivity index is 1.91. The molecule has 2 aromatic carbocycles. The molecule has 164 valence electrons. The molecule has 0 radical (unpaired) electrons. The molecule has 0 spiro atoms. The minimum Gasteiger partial charge on any atom is -0.462 e. The number of aryl methyl sites for hydroxylation is 1. The van der Waals surface area contributed by atoms with E-state index in [1.807, 2.05) is 69.3 Å². The molecule has 1 N–H and O–H groups in total. The van der Waals surface area contributed by atoms with Gasteiger partial charge < -0.3 is 10.1 Å². The van der Waals surface area contributed by atoms with Crippen LogP contribution in [0.1, 0.15) is 33.3 Å². The Morgan fingerprint density at radius 1 is 1.13 bits per heavy atom. The fraction of sp³-hybridized carbons (Fsp3) is 0.375. The maximum atomic E-state index is 12.4. The van der Waals surface area contributed by atoms with Crippen molar-refractivity contribution in [2.45, 2.75) is 34.6 Å². The first-order valence-corrected chi connectivity index (χ1v) is 10.9. The number of carbonyl (C=O) groups is 1. The number of nitrogens with zero attached hydrogens (tertiary/aromatic N) is 3. The van der Waals surface area contributed by atoms with Gasteiger partial charge in [-0.15, -0.1) is 16.7 Å². The molecule has 31 heavy (non-hydrogen) atoms. The molecule has 0 aliphatic rings. The molecule has 3 rings (SSSR count). The van der Waals surface area contributed by atoms with Crippen LogP contribution in [0.15, 0.2) is 48.5 Å². The average molecular weight is 441 g/mol. The summed E-state index contributed by atoms with van der Waals surface area (Å²) in [6, 6.07) is 15.9. The van der Waals surface area contributed by atoms with Crippen LogP contribution in [-0.4, -0.2) is 33.2 Å². The smallest absolute Gasteiger partial charge is 0.336 e. The van der Waals surface area contributed by atoms with Gasteiger partial charge in [-0.25, -0.2) is 4.68 Å². The number of rotatable bonds is 8. The highest BCUT2D eigenvalue weighted by Gasteiger charge is 2.26. The summed E-state index contributed by atoms with van der Waals surface area (Å²) in [5.74, 6) is 1.18. The zero-order valence-corrected chi connectivity index (χ0v) is 19.4. The van der Waals surface area contributed by atoms with Crippen LogP contribution in [0.25, 0.3) is 17.1 Å². The van der Waals surface area contributed by atoms with Gasteiger partial charge in [-0.3, -0.25) is 4.79 Å². The summed E-state index contributed by atoms with van der Waals surface area (Å²) in [6.07, 6.45) is 0. The van der Waals surface area contributed by atoms with E-state index in [2.05, 4.69) is 29.2 Å². The Morgan fingerprint density at radius 2 is 1.77 bits per heavy atom. The van der Waals surface area contributed by atoms with Crippen molar-refractivity contribution < 1.29 is 9.53 Å². The Morgan fingerprint density at radius 3 is 2.35 bits per heavy atom. The predicted molar refractivity (Wildman–Crippen MR) is 125 cm³/mol. The fourth-order valence-electron chi connectivity index (χ4n) is 2.71. The van der Waals surface area contributed by atoms with E-state index < -0.39 is 5.41 Å². The zero-order chi connectivity index (χ0) is 22.6. The zero-order valence-electron chi connectivity index (χ0n) is 18.6. The Hall–Kier alpha value is -2.86. The highest BCUT2D eigenvalue weighted by atomic mass is 35.5. The van der Waals surface area contributed by atoms with Gasteiger partial charge in [0.1, 0.15) is 0 Å². The summed E-state index contributed by atoms with van der Waals surface area (Å²) in [6.45, 7) is 10.4. The Labute approximate surface area is 188 Å². The molecular weight excluding hydrogens is 412 g/mol. The van der Waals surface area contributed by atoms with Crippen LogP contribution in [0.3, 0.4) is 0 Å². The SMILES string of the molecule is Cc1ccc(-c2nc(OCC(C)C)nn2-c2ccc(NC(=O)C(C)(C)CCl)cc2)cc1. The monoisotopic (exact) mass is 440 g/mol. The van der Waals surface area contributed by atoms with Crippen LogP contribution < -0.4 is 10.1 Å². The molecule has 1 amide bonds. The summed E-state index contributed by atoms with van der Waals surface area (Å²) in [4.78, 5) is 17.0. The number of benzene rings is 2. The highest BCUT2D eigenvalue weighted by molar-refractivity contribution is 6.20. The minimum atomic E-state index is -0.645. The quantitative estimate of drug-likeness (QED) is 0.471. The summed E-state index contributed by atoms with van der Waals surface area (Å²) in [7, 11) is 0. The van der Waals surface area contributed by atoms with Gasteiger partial charge in [0.15, 0.2) is 5.82 Å². The van der Waals surface area contributed by atoms with Crippen LogP contribution in [0.4, 0.5) is 5.69 Å². The van der Waals surface area contributed by atoms with E-state index in [0.717, 1.165) is 11.3 Å². The second-order valence-corrected chi connectivity index (χ2v) is 8.99. The lowest BCUT2D eigenvalue weighted by atomic mass is 9.95. The van der Waals surface area contributed by atoms with Crippen molar-refractivity contribution in [1.82, 2.24) is 14.8 Å². The van der Waals surface area contributed by atoms with Crippen molar-refractivity contribution in [2.75, 3.05) is 17.8 Å². The molecule has 0 aliphatic heterocycles. The Kier molecular flexibility index (Phi) is 7.01. The number of amides is 1. The van der Waals surface area contributed by atoms with E-state index in [-0.39, 0.29) is 11.8 Å². The van der Waals surface area contributed by atoms with Crippen molar-refractivity contribution >= 4 is 23.2 Å². The molecule has 7 heteroatoms. The van der Waals surface area contributed by atoms with Gasteiger partial charge in [0.05, 0.1) is 17.7 Å². The molecule has 0 unspecified atom stereocenters. The van der Waals surface area contributed by atoms with Crippen molar-refractivity contribution in [3.63, 3.8) is 0 Å². The van der Waals surface area contributed by atoms with Gasteiger partial charge in [-0.05, 0) is 51.0 Å². The number of hydrogen-bond donors (Lipinski definition) is 1. The lowest BCUT2D eigenvalue weighted by Crippen LogP contribution is -2.32. The molecule has 6 nitrogen and oxygen atoms in total. The maximum Gasteiger partial charge on any atom is 0.336 e. The largest absolute Gasteiger partial charge is 0.462 e. The standard InChI is InChI=1S/C24H29ClN4O2/c1-16(2)14-31-23-27-21(18-8-6-17(3)7-9-18)29(28-23)20-12-10-19(11-13-20)26-22(30)24(4,5)15-25/h6-13,16H,14-15H2,1-5H3,(H,26,30). The Bertz CT molecular complexity index is 1020. The third-order valence-electron chi connectivity index (χ3n) is 4.76. The van der Waals surface area contributed by atoms with Crippen molar-refractivity contribution in [2.24, 2.45) is 11.3 Å². The first kappa shape index (κ1) is 22.8. The average Bonchev–Trinajstić information content (AvgIpc) is 3.17. The molecule has 0 fully saturated rings. The third-order valence-corrected chi connectivity index (χ3v) is 5.43. The number of alkyl halides is 1. The molecule has 0 saturated heterocycles. The first-order valence-electron chi connectivity index (χ1n) is 10.3. The van der Waals surface area contributed by atoms with Crippen LogP contribution in [-0.2, 0) is 4.79 Å². The number of ether oxygens (including phenoxy) is 1. The minimum absolute atomic E-state index is 0.124. The molecular formula is C24H29ClN4O2. The molecule has 0 atom stereocenters. The second-order valence-electron chi connectivity index (χ2n) is 8.72. The summed E-state index contributed by atoms with van der Waals surface area (Å²) < 4.78 is 7.53. The van der Waals surface area contributed by atoms with Crippen molar-refractivity contribution in [3.8, 4) is 23.1 Å². The van der Waals surface area contributed by atoms with Gasteiger partial charge in [0, 0.05) is 17.1 Å². The van der Waals surface area contributed by atoms with Gasteiger partial charge in [-0.1, -0.05) is 43.7 Å². The number of carbonyl (C=O) groups excluding carboxylic acids is 1. The van der Waals surface area contributed by atoms with Crippen LogP contribution in [0, 0.1) is 18.3 Å². The normalized spacial score (nSPS) is 11.6. The van der Waals surface area contributed by atoms with Gasteiger partial charge >= 0.3 is 6.01 Å². The van der Waals surface area contributed by atoms with E-state index in [0.29, 0.717) is 30.0 Å². The van der Waals surface area contributed by atoms with Gasteiger partial charge in [0.2, 0.25) is 5.91 Å². The van der Waals surface area contributed by atoms with Crippen molar-refractivity contribution in [3.05, 3.63) is 54.1 Å². The molecule has 0 aliphatic carbocycles. The number of halogens is 1. The molecule has 3 aromatic rings. The van der Waals surface area contributed by atoms with E-state index in [9.17, 15) is 4.79 Å². The number of aromatic nitrogens is 3. The fourth-order valence-corrected chi connectivity index (χ4v) is 2.83. The van der Waals surface area contributed by atoms with E-state index in [1.54, 1.807) is 4.68 Å². The summed E-state index contributed by atoms with van der Waals surface area (Å²) in [5, 5.41) is 7.48. The van der Waals surface area contributed by atoms with Crippen molar-refractivity contribution in [1.29, 1.82) is 0 Å². The molecule has 0 bridgehead atoms. The predicted octanol–water partition coefficient (Wildman–Crippen LogP) is 5.48. The van der Waals surface area contributed by atoms with E-state index >= 15 is 0 Å². The number of anilines is 1. The summed E-state index contributed by atoms with van der Waals surface area (Å²) in [5.41, 5.74) is 2.98. The topological polar surface area (TPSA) is 69.0 Å². The number of hydrogen-bond acceptors (Lipinski definition) is 4. The van der Waals surface area contributed by atoms with Crippen LogP contribution in [0.2, 0.25) is 0 Å². The van der Waals surface area contributed by atoms with Gasteiger partial charge in [-0.2, -0.15) is 4.98 Å². The lowest BCUT2D eigenvalue weighted by molar-refractivity contribution is -0.122. The lowest BCUT2D eigenvalue weighted by Gasteiger charge is -2.20. The summed E-state index contributed by atoms with van der Waals surface area (Å²) >= 11 is 5.90. The van der Waals surface area contributed by atoms with Crippen LogP contribution >= 0.6 is 11.6 Å². The highest BCUT2D eigenvalue weighted by Crippen LogP contribution is 2.26. The van der Waals surface area contributed by atoms with Crippen LogP contribution in [0.5, 0.6) is 6.01 Å². The van der Waals surface area contributed by atoms with E-state index in [1.165, 1.54) is 5.56 Å². The van der Waals surface area contributed by atoms with E-state index in [4.69, 9.17) is 16.3 Å². The first-order chi connectivity index (χ1) is 14.7. The number of nitrogens with one attached hydrogen (secondary N) is 1. The molecule has 1 aromatic heterocycles. The molecule has 0 saturated carbocycles. The van der Waals surface area contributed by atoms with Gasteiger partial charge in [0.25, 0.3) is 0 Å². The second kappa shape index (κ2) is 9.52. The molecule has 1 heterocycles.